The zero-order valence-corrected chi connectivity index (χ0v) is 21.7. The van der Waals surface area contributed by atoms with Crippen LogP contribution in [0, 0.1) is 5.92 Å². The highest BCUT2D eigenvalue weighted by atomic mass is 16.7. The Balaban J connectivity index is 2.81. The van der Waals surface area contributed by atoms with Gasteiger partial charge in [-0.1, -0.05) is 19.9 Å². The minimum Gasteiger partial charge on any atom is -0.459 e. The lowest BCUT2D eigenvalue weighted by atomic mass is 10.1. The molecule has 3 atom stereocenters. The molecule has 0 amide bonds. The van der Waals surface area contributed by atoms with Gasteiger partial charge in [0.15, 0.2) is 11.5 Å². The van der Waals surface area contributed by atoms with Crippen LogP contribution in [0.25, 0.3) is 0 Å². The summed E-state index contributed by atoms with van der Waals surface area (Å²) in [6.45, 7) is 10.6. The Kier molecular flexibility index (Phi) is 13.3. The van der Waals surface area contributed by atoms with Crippen LogP contribution in [-0.2, 0) is 35.0 Å². The van der Waals surface area contributed by atoms with Crippen LogP contribution in [-0.4, -0.2) is 55.7 Å². The Morgan fingerprint density at radius 3 is 1.94 bits per heavy atom. The van der Waals surface area contributed by atoms with E-state index in [2.05, 4.69) is 0 Å². The Bertz CT molecular complexity index is 886. The van der Waals surface area contributed by atoms with Crippen LogP contribution in [0.2, 0.25) is 0 Å². The number of benzene rings is 1. The maximum Gasteiger partial charge on any atom is 0.513 e. The van der Waals surface area contributed by atoms with E-state index in [4.69, 9.17) is 34.2 Å². The minimum atomic E-state index is -1.07. The minimum absolute atomic E-state index is 0.0208. The summed E-state index contributed by atoms with van der Waals surface area (Å²) in [7, 11) is 0. The molecule has 1 aromatic carbocycles. The molecule has 0 spiro atoms. The summed E-state index contributed by atoms with van der Waals surface area (Å²) >= 11 is 0. The van der Waals surface area contributed by atoms with Crippen molar-refractivity contribution >= 4 is 24.2 Å². The van der Waals surface area contributed by atoms with Crippen LogP contribution in [0.15, 0.2) is 18.2 Å². The third kappa shape index (κ3) is 11.4. The van der Waals surface area contributed by atoms with Crippen LogP contribution < -0.4 is 15.2 Å². The van der Waals surface area contributed by atoms with E-state index in [1.807, 2.05) is 13.8 Å². The Labute approximate surface area is 211 Å². The van der Waals surface area contributed by atoms with Crippen molar-refractivity contribution in [2.75, 3.05) is 13.2 Å². The second-order valence-corrected chi connectivity index (χ2v) is 8.43. The largest absolute Gasteiger partial charge is 0.513 e. The molecule has 0 radical (unpaired) electrons. The molecular formula is C25H37NO10. The van der Waals surface area contributed by atoms with Crippen molar-refractivity contribution in [3.63, 3.8) is 0 Å². The van der Waals surface area contributed by atoms with Gasteiger partial charge >= 0.3 is 24.2 Å². The molecular weight excluding hydrogens is 474 g/mol. The number of rotatable bonds is 13. The lowest BCUT2D eigenvalue weighted by Gasteiger charge is -2.22. The van der Waals surface area contributed by atoms with Crippen LogP contribution in [0.4, 0.5) is 9.59 Å². The Morgan fingerprint density at radius 1 is 0.833 bits per heavy atom. The van der Waals surface area contributed by atoms with Crippen molar-refractivity contribution in [1.29, 1.82) is 0 Å². The van der Waals surface area contributed by atoms with Gasteiger partial charge in [-0.15, -0.1) is 0 Å². The highest BCUT2D eigenvalue weighted by molar-refractivity contribution is 5.76. The first-order valence-electron chi connectivity index (χ1n) is 11.9. The quantitative estimate of drug-likeness (QED) is 0.233. The van der Waals surface area contributed by atoms with E-state index in [1.165, 1.54) is 12.1 Å². The number of ether oxygens (including phenoxy) is 6. The smallest absolute Gasteiger partial charge is 0.459 e. The van der Waals surface area contributed by atoms with E-state index in [0.29, 0.717) is 17.9 Å². The normalized spacial score (nSPS) is 13.2. The summed E-state index contributed by atoms with van der Waals surface area (Å²) in [6, 6.07) is 3.24. The van der Waals surface area contributed by atoms with Gasteiger partial charge < -0.3 is 34.2 Å². The summed E-state index contributed by atoms with van der Waals surface area (Å²) in [6.07, 6.45) is -2.33. The fourth-order valence-electron chi connectivity index (χ4n) is 2.79. The standard InChI is InChI=1S/C25H37NO10/c1-7-31-24(29)35-20-11-10-18(14-21(20)36-25(30)32-8-2)13-19(26)23(28)34-17(6)16(5)33-22(27)12-9-15(3)4/h10-11,14-17,19H,7-9,12-13,26H2,1-6H3/t16-,17-,19-/m0/s1. The summed E-state index contributed by atoms with van der Waals surface area (Å²) in [5.74, 6) is -0.886. The molecule has 0 heterocycles. The Hall–Kier alpha value is -3.34. The third-order valence-electron chi connectivity index (χ3n) is 4.88. The van der Waals surface area contributed by atoms with Crippen LogP contribution >= 0.6 is 0 Å². The first kappa shape index (κ1) is 30.7. The zero-order valence-electron chi connectivity index (χ0n) is 21.7. The topological polar surface area (TPSA) is 150 Å². The highest BCUT2D eigenvalue weighted by Crippen LogP contribution is 2.30. The maximum absolute atomic E-state index is 12.5. The van der Waals surface area contributed by atoms with Gasteiger partial charge in [0.05, 0.1) is 13.2 Å². The van der Waals surface area contributed by atoms with Crippen molar-refractivity contribution in [2.45, 2.75) is 79.1 Å². The number of nitrogens with two attached hydrogens (primary N) is 1. The molecule has 0 aliphatic heterocycles. The summed E-state index contributed by atoms with van der Waals surface area (Å²) in [4.78, 5) is 47.9. The molecule has 11 heteroatoms. The molecule has 0 aliphatic rings. The number of carbonyl (C=O) groups excluding carboxylic acids is 4. The second-order valence-electron chi connectivity index (χ2n) is 8.43. The van der Waals surface area contributed by atoms with Gasteiger partial charge in [0.2, 0.25) is 0 Å². The van der Waals surface area contributed by atoms with E-state index >= 15 is 0 Å². The summed E-state index contributed by atoms with van der Waals surface area (Å²) < 4.78 is 30.4. The van der Waals surface area contributed by atoms with Gasteiger partial charge in [0, 0.05) is 6.42 Å². The van der Waals surface area contributed by atoms with E-state index in [-0.39, 0.29) is 43.5 Å². The molecule has 11 nitrogen and oxygen atoms in total. The molecule has 36 heavy (non-hydrogen) atoms. The lowest BCUT2D eigenvalue weighted by molar-refractivity contribution is -0.166. The molecule has 2 N–H and O–H groups in total. The number of carbonyl (C=O) groups is 4. The number of esters is 2. The van der Waals surface area contributed by atoms with E-state index in [1.54, 1.807) is 33.8 Å². The van der Waals surface area contributed by atoms with E-state index < -0.39 is 36.5 Å². The first-order valence-corrected chi connectivity index (χ1v) is 11.9. The molecule has 0 aliphatic carbocycles. The maximum atomic E-state index is 12.5. The van der Waals surface area contributed by atoms with Gasteiger partial charge in [-0.05, 0) is 64.2 Å². The van der Waals surface area contributed by atoms with Crippen molar-refractivity contribution in [3.05, 3.63) is 23.8 Å². The van der Waals surface area contributed by atoms with Crippen LogP contribution in [0.5, 0.6) is 11.5 Å². The number of hydrogen-bond acceptors (Lipinski definition) is 11. The second kappa shape index (κ2) is 15.6. The van der Waals surface area contributed by atoms with Gasteiger partial charge in [-0.2, -0.15) is 0 Å². The molecule has 0 fully saturated rings. The van der Waals surface area contributed by atoms with Gasteiger partial charge in [-0.3, -0.25) is 9.59 Å². The molecule has 0 saturated heterocycles. The average Bonchev–Trinajstić information content (AvgIpc) is 2.79. The molecule has 1 rings (SSSR count). The van der Waals surface area contributed by atoms with Crippen LogP contribution in [0.3, 0.4) is 0 Å². The molecule has 0 saturated carbocycles. The predicted molar refractivity (Wildman–Crippen MR) is 129 cm³/mol. The number of hydrogen-bond donors (Lipinski definition) is 1. The molecule has 202 valence electrons. The molecule has 0 aromatic heterocycles. The van der Waals surface area contributed by atoms with Gasteiger partial charge in [0.25, 0.3) is 0 Å². The Morgan fingerprint density at radius 2 is 1.39 bits per heavy atom. The zero-order chi connectivity index (χ0) is 27.3. The fraction of sp³-hybridized carbons (Fsp3) is 0.600. The van der Waals surface area contributed by atoms with Crippen molar-refractivity contribution in [1.82, 2.24) is 0 Å². The SMILES string of the molecule is CCOC(=O)Oc1ccc(C[C@H](N)C(=O)O[C@@H](C)[C@H](C)OC(=O)CCC(C)C)cc1OC(=O)OCC. The monoisotopic (exact) mass is 511 g/mol. The molecule has 1 aromatic rings. The molecule has 0 unspecified atom stereocenters. The van der Waals surface area contributed by atoms with Crippen molar-refractivity contribution in [2.24, 2.45) is 11.7 Å². The van der Waals surface area contributed by atoms with E-state index in [0.717, 1.165) is 0 Å². The van der Waals surface area contributed by atoms with Gasteiger partial charge in [-0.25, -0.2) is 9.59 Å². The first-order chi connectivity index (χ1) is 17.0. The van der Waals surface area contributed by atoms with Crippen LogP contribution in [0.1, 0.15) is 59.9 Å². The van der Waals surface area contributed by atoms with Crippen molar-refractivity contribution in [3.8, 4) is 11.5 Å². The van der Waals surface area contributed by atoms with E-state index in [9.17, 15) is 19.2 Å². The lowest BCUT2D eigenvalue weighted by Crippen LogP contribution is -2.39. The van der Waals surface area contributed by atoms with Crippen molar-refractivity contribution < 1.29 is 47.6 Å². The fourth-order valence-corrected chi connectivity index (χ4v) is 2.79. The average molecular weight is 512 g/mol. The van der Waals surface area contributed by atoms with Gasteiger partial charge in [0.1, 0.15) is 18.2 Å². The highest BCUT2D eigenvalue weighted by Gasteiger charge is 2.25. The molecule has 0 bridgehead atoms. The summed E-state index contributed by atoms with van der Waals surface area (Å²) in [5, 5.41) is 0. The third-order valence-corrected chi connectivity index (χ3v) is 4.88. The predicted octanol–water partition coefficient (Wildman–Crippen LogP) is 3.93. The summed E-state index contributed by atoms with van der Waals surface area (Å²) in [5.41, 5.74) is 6.51.